The van der Waals surface area contributed by atoms with Crippen molar-refractivity contribution in [1.82, 2.24) is 10.1 Å². The molecule has 0 spiro atoms. The summed E-state index contributed by atoms with van der Waals surface area (Å²) in [6, 6.07) is 7.97. The first-order chi connectivity index (χ1) is 12.7. The lowest BCUT2D eigenvalue weighted by molar-refractivity contribution is -0.0211. The zero-order valence-corrected chi connectivity index (χ0v) is 15.1. The Morgan fingerprint density at radius 3 is 2.88 bits per heavy atom. The summed E-state index contributed by atoms with van der Waals surface area (Å²) in [5, 5.41) is 4.08. The quantitative estimate of drug-likeness (QED) is 0.843. The maximum atomic E-state index is 12.9. The molecule has 4 rings (SSSR count). The third-order valence-electron chi connectivity index (χ3n) is 5.20. The Hall–Kier alpha value is -2.34. The molecule has 6 nitrogen and oxygen atoms in total. The minimum absolute atomic E-state index is 0.0103. The molecule has 1 atom stereocenters. The number of nitrogens with zero attached hydrogens (tertiary/aromatic N) is 2. The zero-order valence-electron chi connectivity index (χ0n) is 15.1. The van der Waals surface area contributed by atoms with Crippen LogP contribution < -0.4 is 4.74 Å². The Labute approximate surface area is 153 Å². The highest BCUT2D eigenvalue weighted by atomic mass is 16.5. The molecular formula is C20H24N2O4. The number of carbonyl (C=O) groups excluding carboxylic acids is 1. The lowest BCUT2D eigenvalue weighted by Gasteiger charge is -2.32. The third kappa shape index (κ3) is 3.46. The number of aromatic nitrogens is 1. The average Bonchev–Trinajstić information content (AvgIpc) is 3.12. The number of carbonyl (C=O) groups is 1. The molecule has 26 heavy (non-hydrogen) atoms. The lowest BCUT2D eigenvalue weighted by atomic mass is 9.96. The van der Waals surface area contributed by atoms with E-state index in [1.165, 1.54) is 5.56 Å². The molecule has 1 aromatic heterocycles. The molecule has 1 saturated heterocycles. The summed E-state index contributed by atoms with van der Waals surface area (Å²) >= 11 is 0. The minimum Gasteiger partial charge on any atom is -0.497 e. The van der Waals surface area contributed by atoms with E-state index in [-0.39, 0.29) is 12.0 Å². The van der Waals surface area contributed by atoms with Crippen LogP contribution in [0.25, 0.3) is 0 Å². The van der Waals surface area contributed by atoms with Gasteiger partial charge in [0.25, 0.3) is 5.91 Å². The number of hydrogen-bond acceptors (Lipinski definition) is 5. The number of hydrogen-bond donors (Lipinski definition) is 0. The van der Waals surface area contributed by atoms with Gasteiger partial charge in [0.15, 0.2) is 5.69 Å². The molecule has 0 N–H and O–H groups in total. The van der Waals surface area contributed by atoms with Gasteiger partial charge >= 0.3 is 0 Å². The maximum absolute atomic E-state index is 12.9. The molecule has 1 fully saturated rings. The normalized spacial score (nSPS) is 19.9. The van der Waals surface area contributed by atoms with E-state index in [4.69, 9.17) is 14.0 Å². The van der Waals surface area contributed by atoms with Gasteiger partial charge in [0, 0.05) is 31.5 Å². The van der Waals surface area contributed by atoms with Gasteiger partial charge < -0.3 is 18.9 Å². The van der Waals surface area contributed by atoms with Gasteiger partial charge in [0.05, 0.1) is 19.8 Å². The molecule has 6 heteroatoms. The van der Waals surface area contributed by atoms with Crippen molar-refractivity contribution in [3.05, 3.63) is 46.8 Å². The Bertz CT molecular complexity index is 769. The summed E-state index contributed by atoms with van der Waals surface area (Å²) in [6.45, 7) is 1.72. The molecule has 0 saturated carbocycles. The first kappa shape index (κ1) is 17.1. The van der Waals surface area contributed by atoms with Crippen molar-refractivity contribution >= 4 is 5.91 Å². The summed E-state index contributed by atoms with van der Waals surface area (Å²) in [6.07, 6.45) is 4.74. The average molecular weight is 356 g/mol. The van der Waals surface area contributed by atoms with Crippen LogP contribution in [0.5, 0.6) is 5.75 Å². The summed E-state index contributed by atoms with van der Waals surface area (Å²) in [5.74, 6) is 1.70. The monoisotopic (exact) mass is 356 g/mol. The van der Waals surface area contributed by atoms with Crippen LogP contribution in [0.2, 0.25) is 0 Å². The van der Waals surface area contributed by atoms with Crippen molar-refractivity contribution in [3.8, 4) is 5.75 Å². The summed E-state index contributed by atoms with van der Waals surface area (Å²) in [5.41, 5.74) is 2.69. The zero-order chi connectivity index (χ0) is 17.9. The second kappa shape index (κ2) is 7.50. The molecule has 138 valence electrons. The van der Waals surface area contributed by atoms with Gasteiger partial charge in [-0.1, -0.05) is 17.3 Å². The number of rotatable bonds is 4. The van der Waals surface area contributed by atoms with E-state index >= 15 is 0 Å². The fourth-order valence-corrected chi connectivity index (χ4v) is 3.75. The van der Waals surface area contributed by atoms with E-state index in [1.54, 1.807) is 7.11 Å². The van der Waals surface area contributed by atoms with Crippen LogP contribution in [-0.2, 0) is 24.0 Å². The van der Waals surface area contributed by atoms with E-state index in [9.17, 15) is 4.79 Å². The third-order valence-corrected chi connectivity index (χ3v) is 5.20. The van der Waals surface area contributed by atoms with E-state index in [0.29, 0.717) is 25.4 Å². The number of ether oxygens (including phenoxy) is 2. The molecule has 2 heterocycles. The SMILES string of the molecule is COc1ccc(CC2CN(C(=O)c3noc4c3CCCC4)CCO2)cc1. The van der Waals surface area contributed by atoms with Crippen molar-refractivity contribution in [3.63, 3.8) is 0 Å². The fraction of sp³-hybridized carbons (Fsp3) is 0.500. The second-order valence-corrected chi connectivity index (χ2v) is 6.94. The molecule has 1 aliphatic carbocycles. The lowest BCUT2D eigenvalue weighted by Crippen LogP contribution is -2.46. The number of methoxy groups -OCH3 is 1. The second-order valence-electron chi connectivity index (χ2n) is 6.94. The highest BCUT2D eigenvalue weighted by Crippen LogP contribution is 2.26. The maximum Gasteiger partial charge on any atom is 0.276 e. The highest BCUT2D eigenvalue weighted by molar-refractivity contribution is 5.94. The highest BCUT2D eigenvalue weighted by Gasteiger charge is 2.30. The summed E-state index contributed by atoms with van der Waals surface area (Å²) < 4.78 is 16.5. The van der Waals surface area contributed by atoms with E-state index in [0.717, 1.165) is 49.2 Å². The van der Waals surface area contributed by atoms with Crippen molar-refractivity contribution < 1.29 is 18.8 Å². The Morgan fingerprint density at radius 2 is 2.08 bits per heavy atom. The first-order valence-corrected chi connectivity index (χ1v) is 9.26. The van der Waals surface area contributed by atoms with Gasteiger partial charge in [-0.15, -0.1) is 0 Å². The molecular weight excluding hydrogens is 332 g/mol. The van der Waals surface area contributed by atoms with E-state index in [1.807, 2.05) is 29.2 Å². The molecule has 0 radical (unpaired) electrons. The van der Waals surface area contributed by atoms with Crippen LogP contribution in [0.3, 0.4) is 0 Å². The van der Waals surface area contributed by atoms with Crippen LogP contribution in [-0.4, -0.2) is 48.9 Å². The van der Waals surface area contributed by atoms with E-state index in [2.05, 4.69) is 5.16 Å². The number of fused-ring (bicyclic) bond motifs is 1. The van der Waals surface area contributed by atoms with Gasteiger partial charge in [-0.2, -0.15) is 0 Å². The Morgan fingerprint density at radius 1 is 1.27 bits per heavy atom. The van der Waals surface area contributed by atoms with Gasteiger partial charge in [-0.3, -0.25) is 4.79 Å². The Kier molecular flexibility index (Phi) is 4.93. The summed E-state index contributed by atoms with van der Waals surface area (Å²) in [4.78, 5) is 14.8. The molecule has 1 aliphatic heterocycles. The number of aryl methyl sites for hydroxylation is 1. The van der Waals surface area contributed by atoms with Crippen molar-refractivity contribution in [2.75, 3.05) is 26.8 Å². The number of morpholine rings is 1. The van der Waals surface area contributed by atoms with Gasteiger partial charge in [-0.25, -0.2) is 0 Å². The van der Waals surface area contributed by atoms with Crippen molar-refractivity contribution in [1.29, 1.82) is 0 Å². The topological polar surface area (TPSA) is 64.8 Å². The Balaban J connectivity index is 1.42. The number of benzene rings is 1. The van der Waals surface area contributed by atoms with Crippen LogP contribution in [0, 0.1) is 0 Å². The fourth-order valence-electron chi connectivity index (χ4n) is 3.75. The molecule has 1 aromatic carbocycles. The van der Waals surface area contributed by atoms with Crippen LogP contribution in [0.15, 0.2) is 28.8 Å². The molecule has 0 bridgehead atoms. The first-order valence-electron chi connectivity index (χ1n) is 9.26. The van der Waals surface area contributed by atoms with Crippen LogP contribution in [0.1, 0.15) is 40.2 Å². The van der Waals surface area contributed by atoms with Gasteiger partial charge in [-0.05, 0) is 37.0 Å². The largest absolute Gasteiger partial charge is 0.497 e. The standard InChI is InChI=1S/C20H24N2O4/c1-24-15-8-6-14(7-9-15)12-16-13-22(10-11-25-16)20(23)19-17-4-2-3-5-18(17)26-21-19/h6-9,16H,2-5,10-13H2,1H3. The molecule has 2 aliphatic rings. The van der Waals surface area contributed by atoms with Crippen molar-refractivity contribution in [2.24, 2.45) is 0 Å². The molecule has 2 aromatic rings. The van der Waals surface area contributed by atoms with Gasteiger partial charge in [0.2, 0.25) is 0 Å². The minimum atomic E-state index is -0.0278. The molecule has 1 unspecified atom stereocenters. The van der Waals surface area contributed by atoms with Crippen LogP contribution in [0.4, 0.5) is 0 Å². The van der Waals surface area contributed by atoms with Gasteiger partial charge in [0.1, 0.15) is 11.5 Å². The smallest absolute Gasteiger partial charge is 0.276 e. The number of amides is 1. The van der Waals surface area contributed by atoms with Crippen molar-refractivity contribution in [2.45, 2.75) is 38.2 Å². The van der Waals surface area contributed by atoms with E-state index < -0.39 is 0 Å². The summed E-state index contributed by atoms with van der Waals surface area (Å²) in [7, 11) is 1.66. The predicted octanol–water partition coefficient (Wildman–Crippen LogP) is 2.65. The predicted molar refractivity (Wildman–Crippen MR) is 95.5 cm³/mol. The van der Waals surface area contributed by atoms with Crippen LogP contribution >= 0.6 is 0 Å². The molecule has 1 amide bonds.